The van der Waals surface area contributed by atoms with Gasteiger partial charge in [0.05, 0.1) is 15.6 Å². The molecule has 2 rings (SSSR count). The van der Waals surface area contributed by atoms with Crippen LogP contribution in [0.4, 0.5) is 11.4 Å². The molecule has 0 radical (unpaired) electrons. The van der Waals surface area contributed by atoms with Crippen molar-refractivity contribution in [3.8, 4) is 0 Å². The first kappa shape index (κ1) is 13.1. The fourth-order valence-electron chi connectivity index (χ4n) is 2.27. The molecule has 2 unspecified atom stereocenters. The molecule has 0 spiro atoms. The summed E-state index contributed by atoms with van der Waals surface area (Å²) in [6, 6.07) is 4.76. The lowest BCUT2D eigenvalue weighted by Crippen LogP contribution is -2.42. The van der Waals surface area contributed by atoms with Crippen LogP contribution in [0.15, 0.2) is 18.2 Å². The minimum Gasteiger partial charge on any atom is -0.380 e. The number of nitrogens with one attached hydrogen (secondary N) is 1. The van der Waals surface area contributed by atoms with E-state index in [9.17, 15) is 10.1 Å². The lowest BCUT2D eigenvalue weighted by atomic mass is 9.91. The molecule has 0 aromatic heterocycles. The number of benzene rings is 1. The largest absolute Gasteiger partial charge is 0.380 e. The van der Waals surface area contributed by atoms with Crippen molar-refractivity contribution in [3.63, 3.8) is 0 Å². The Morgan fingerprint density at radius 1 is 1.39 bits per heavy atom. The van der Waals surface area contributed by atoms with E-state index < -0.39 is 4.92 Å². The predicted octanol–water partition coefficient (Wildman–Crippen LogP) is 2.93. The number of hydrogen-bond acceptors (Lipinski definition) is 4. The molecule has 0 amide bonds. The zero-order chi connectivity index (χ0) is 13.1. The summed E-state index contributed by atoms with van der Waals surface area (Å²) in [5.41, 5.74) is 6.75. The summed E-state index contributed by atoms with van der Waals surface area (Å²) < 4.78 is 0. The van der Waals surface area contributed by atoms with Crippen molar-refractivity contribution >= 4 is 23.0 Å². The SMILES string of the molecule is NC1CCCCC1Nc1ccc([N+](=O)[O-])cc1Cl. The zero-order valence-electron chi connectivity index (χ0n) is 9.93. The average molecular weight is 270 g/mol. The maximum atomic E-state index is 10.6. The van der Waals surface area contributed by atoms with Gasteiger partial charge in [-0.3, -0.25) is 10.1 Å². The molecule has 1 aromatic rings. The number of nitrogens with two attached hydrogens (primary N) is 1. The second-order valence-electron chi connectivity index (χ2n) is 4.62. The number of hydrogen-bond donors (Lipinski definition) is 2. The Bertz CT molecular complexity index is 453. The summed E-state index contributed by atoms with van der Waals surface area (Å²) in [4.78, 5) is 10.2. The Morgan fingerprint density at radius 2 is 2.11 bits per heavy atom. The lowest BCUT2D eigenvalue weighted by Gasteiger charge is -2.30. The lowest BCUT2D eigenvalue weighted by molar-refractivity contribution is -0.384. The van der Waals surface area contributed by atoms with Crippen LogP contribution in [0, 0.1) is 10.1 Å². The Morgan fingerprint density at radius 3 is 2.72 bits per heavy atom. The van der Waals surface area contributed by atoms with Gasteiger partial charge < -0.3 is 11.1 Å². The first-order valence-corrected chi connectivity index (χ1v) is 6.42. The number of non-ortho nitro benzene ring substituents is 1. The van der Waals surface area contributed by atoms with E-state index in [1.165, 1.54) is 12.1 Å². The molecule has 3 N–H and O–H groups in total. The van der Waals surface area contributed by atoms with Crippen LogP contribution in [-0.2, 0) is 0 Å². The van der Waals surface area contributed by atoms with Gasteiger partial charge in [-0.15, -0.1) is 0 Å². The van der Waals surface area contributed by atoms with Crippen LogP contribution in [0.25, 0.3) is 0 Å². The smallest absolute Gasteiger partial charge is 0.271 e. The van der Waals surface area contributed by atoms with Gasteiger partial charge in [-0.1, -0.05) is 24.4 Å². The highest BCUT2D eigenvalue weighted by Gasteiger charge is 2.22. The minimum absolute atomic E-state index is 0.00140. The summed E-state index contributed by atoms with van der Waals surface area (Å²) in [7, 11) is 0. The van der Waals surface area contributed by atoms with Gasteiger partial charge in [0.1, 0.15) is 0 Å². The normalized spacial score (nSPS) is 23.7. The molecule has 0 aliphatic heterocycles. The molecule has 1 saturated carbocycles. The molecular formula is C12H16ClN3O2. The summed E-state index contributed by atoms with van der Waals surface area (Å²) in [5.74, 6) is 0. The summed E-state index contributed by atoms with van der Waals surface area (Å²) >= 11 is 6.03. The first-order chi connectivity index (χ1) is 8.58. The number of rotatable bonds is 3. The van der Waals surface area contributed by atoms with Gasteiger partial charge in [-0.25, -0.2) is 0 Å². The van der Waals surface area contributed by atoms with Gasteiger partial charge in [0.2, 0.25) is 0 Å². The topological polar surface area (TPSA) is 81.2 Å². The molecule has 18 heavy (non-hydrogen) atoms. The Labute approximate surface area is 110 Å². The van der Waals surface area contributed by atoms with Crippen molar-refractivity contribution < 1.29 is 4.92 Å². The standard InChI is InChI=1S/C12H16ClN3O2/c13-9-7-8(16(17)18)5-6-11(9)15-12-4-2-1-3-10(12)14/h5-7,10,12,15H,1-4,14H2. The Hall–Kier alpha value is -1.33. The first-order valence-electron chi connectivity index (χ1n) is 6.04. The third-order valence-electron chi connectivity index (χ3n) is 3.32. The van der Waals surface area contributed by atoms with Crippen LogP contribution in [-0.4, -0.2) is 17.0 Å². The molecule has 2 atom stereocenters. The number of anilines is 1. The van der Waals surface area contributed by atoms with Crippen molar-refractivity contribution in [3.05, 3.63) is 33.3 Å². The van der Waals surface area contributed by atoms with E-state index in [2.05, 4.69) is 5.32 Å². The highest BCUT2D eigenvalue weighted by atomic mass is 35.5. The third kappa shape index (κ3) is 2.91. The fraction of sp³-hybridized carbons (Fsp3) is 0.500. The number of nitro benzene ring substituents is 1. The van der Waals surface area contributed by atoms with Crippen molar-refractivity contribution in [2.45, 2.75) is 37.8 Å². The van der Waals surface area contributed by atoms with Crippen LogP contribution in [0.3, 0.4) is 0 Å². The second-order valence-corrected chi connectivity index (χ2v) is 5.03. The highest BCUT2D eigenvalue weighted by Crippen LogP contribution is 2.29. The highest BCUT2D eigenvalue weighted by molar-refractivity contribution is 6.33. The van der Waals surface area contributed by atoms with Crippen molar-refractivity contribution in [2.24, 2.45) is 5.73 Å². The van der Waals surface area contributed by atoms with Crippen molar-refractivity contribution in [2.75, 3.05) is 5.32 Å². The van der Waals surface area contributed by atoms with Gasteiger partial charge in [-0.2, -0.15) is 0 Å². The van der Waals surface area contributed by atoms with Crippen LogP contribution in [0.2, 0.25) is 5.02 Å². The molecule has 1 aromatic carbocycles. The number of nitrogens with zero attached hydrogens (tertiary/aromatic N) is 1. The van der Waals surface area contributed by atoms with E-state index in [4.69, 9.17) is 17.3 Å². The van der Waals surface area contributed by atoms with E-state index in [-0.39, 0.29) is 17.8 Å². The molecule has 0 saturated heterocycles. The maximum Gasteiger partial charge on any atom is 0.271 e. The van der Waals surface area contributed by atoms with Crippen LogP contribution >= 0.6 is 11.6 Å². The predicted molar refractivity (Wildman–Crippen MR) is 72.0 cm³/mol. The summed E-state index contributed by atoms with van der Waals surface area (Å²) in [5, 5.41) is 14.3. The van der Waals surface area contributed by atoms with E-state index in [0.29, 0.717) is 10.7 Å². The molecular weight excluding hydrogens is 254 g/mol. The third-order valence-corrected chi connectivity index (χ3v) is 3.64. The molecule has 0 heterocycles. The molecule has 1 fully saturated rings. The van der Waals surface area contributed by atoms with E-state index in [1.54, 1.807) is 6.07 Å². The van der Waals surface area contributed by atoms with Crippen LogP contribution in [0.1, 0.15) is 25.7 Å². The van der Waals surface area contributed by atoms with E-state index >= 15 is 0 Å². The maximum absolute atomic E-state index is 10.6. The molecule has 6 heteroatoms. The molecule has 98 valence electrons. The van der Waals surface area contributed by atoms with Gasteiger partial charge in [0, 0.05) is 24.2 Å². The van der Waals surface area contributed by atoms with E-state index in [1.807, 2.05) is 0 Å². The summed E-state index contributed by atoms with van der Waals surface area (Å²) in [6.07, 6.45) is 4.32. The van der Waals surface area contributed by atoms with Crippen LogP contribution in [0.5, 0.6) is 0 Å². The zero-order valence-corrected chi connectivity index (χ0v) is 10.7. The van der Waals surface area contributed by atoms with Gasteiger partial charge in [-0.05, 0) is 18.9 Å². The molecule has 5 nitrogen and oxygen atoms in total. The minimum atomic E-state index is -0.456. The molecule has 1 aliphatic rings. The van der Waals surface area contributed by atoms with Gasteiger partial charge in [0.25, 0.3) is 5.69 Å². The van der Waals surface area contributed by atoms with Gasteiger partial charge >= 0.3 is 0 Å². The Kier molecular flexibility index (Phi) is 4.04. The van der Waals surface area contributed by atoms with Crippen molar-refractivity contribution in [1.82, 2.24) is 0 Å². The summed E-state index contributed by atoms with van der Waals surface area (Å²) in [6.45, 7) is 0. The number of halogens is 1. The van der Waals surface area contributed by atoms with Gasteiger partial charge in [0.15, 0.2) is 0 Å². The number of nitro groups is 1. The quantitative estimate of drug-likeness (QED) is 0.653. The monoisotopic (exact) mass is 269 g/mol. The molecule has 0 bridgehead atoms. The molecule has 1 aliphatic carbocycles. The van der Waals surface area contributed by atoms with E-state index in [0.717, 1.165) is 25.7 Å². The van der Waals surface area contributed by atoms with Crippen molar-refractivity contribution in [1.29, 1.82) is 0 Å². The fourth-order valence-corrected chi connectivity index (χ4v) is 2.50. The van der Waals surface area contributed by atoms with Crippen LogP contribution < -0.4 is 11.1 Å². The average Bonchev–Trinajstić information content (AvgIpc) is 2.34. The second kappa shape index (κ2) is 5.54. The Balaban J connectivity index is 2.11.